The van der Waals surface area contributed by atoms with E-state index in [0.717, 1.165) is 12.5 Å². The minimum atomic E-state index is -0.0662. The van der Waals surface area contributed by atoms with Crippen LogP contribution in [-0.2, 0) is 0 Å². The summed E-state index contributed by atoms with van der Waals surface area (Å²) in [5, 5.41) is 0. The molecular weight excluding hydrogens is 487 g/mol. The number of ketones is 1. The molecule has 19 heavy (non-hydrogen) atoms. The first-order valence-corrected chi connectivity index (χ1v) is 8.02. The molecule has 0 unspecified atom stereocenters. The average Bonchev–Trinajstić information content (AvgIpc) is 2.40. The van der Waals surface area contributed by atoms with Crippen LogP contribution in [-0.4, -0.2) is 12.9 Å². The zero-order chi connectivity index (χ0) is 14.0. The third-order valence-electron chi connectivity index (χ3n) is 2.58. The molecule has 0 saturated carbocycles. The van der Waals surface area contributed by atoms with Crippen molar-refractivity contribution in [1.29, 1.82) is 0 Å². The molecule has 2 nitrogen and oxygen atoms in total. The van der Waals surface area contributed by atoms with E-state index in [9.17, 15) is 4.79 Å². The van der Waals surface area contributed by atoms with E-state index in [-0.39, 0.29) is 5.78 Å². The molecule has 0 aliphatic heterocycles. The number of ether oxygens (including phenoxy) is 1. The summed E-state index contributed by atoms with van der Waals surface area (Å²) in [5.74, 6) is 0.502. The van der Waals surface area contributed by atoms with Gasteiger partial charge >= 0.3 is 0 Å². The monoisotopic (exact) mass is 494 g/mol. The van der Waals surface area contributed by atoms with Gasteiger partial charge in [-0.1, -0.05) is 31.9 Å². The van der Waals surface area contributed by atoms with Crippen LogP contribution in [0.1, 0.15) is 15.9 Å². The van der Waals surface area contributed by atoms with Crippen LogP contribution in [0.25, 0.3) is 0 Å². The molecule has 0 bridgehead atoms. The molecule has 0 radical (unpaired) electrons. The smallest absolute Gasteiger partial charge is 0.197 e. The number of halogens is 3. The van der Waals surface area contributed by atoms with Crippen molar-refractivity contribution in [3.63, 3.8) is 0 Å². The number of methoxy groups -OCH3 is 1. The Bertz CT molecular complexity index is 641. The van der Waals surface area contributed by atoms with Crippen molar-refractivity contribution in [1.82, 2.24) is 0 Å². The molecule has 2 rings (SSSR count). The highest BCUT2D eigenvalue weighted by Crippen LogP contribution is 2.28. The molecule has 0 aliphatic carbocycles. The summed E-state index contributed by atoms with van der Waals surface area (Å²) in [5.41, 5.74) is 1.17. The maximum atomic E-state index is 12.6. The third-order valence-corrected chi connectivity index (χ3v) is 4.43. The molecule has 0 atom stereocenters. The fourth-order valence-corrected chi connectivity index (χ4v) is 2.95. The lowest BCUT2D eigenvalue weighted by Crippen LogP contribution is -2.05. The van der Waals surface area contributed by atoms with E-state index in [2.05, 4.69) is 54.5 Å². The first kappa shape index (κ1) is 15.0. The highest BCUT2D eigenvalue weighted by atomic mass is 127. The van der Waals surface area contributed by atoms with E-state index >= 15 is 0 Å². The van der Waals surface area contributed by atoms with Crippen molar-refractivity contribution in [2.24, 2.45) is 0 Å². The second kappa shape index (κ2) is 6.37. The standard InChI is InChI=1S/C14H9Br2IO2/c1-19-13-5-2-8(15)6-11(13)14(18)10-7-9(17)3-4-12(10)16/h2-7H,1H3. The van der Waals surface area contributed by atoms with Gasteiger partial charge in [0.05, 0.1) is 12.7 Å². The molecule has 0 fully saturated rings. The minimum Gasteiger partial charge on any atom is -0.496 e. The van der Waals surface area contributed by atoms with Crippen LogP contribution in [0.15, 0.2) is 45.3 Å². The lowest BCUT2D eigenvalue weighted by atomic mass is 10.0. The van der Waals surface area contributed by atoms with Gasteiger partial charge in [0.2, 0.25) is 0 Å². The second-order valence-corrected chi connectivity index (χ2v) is 6.81. The number of carbonyl (C=O) groups excluding carboxylic acids is 1. The molecule has 2 aromatic rings. The first-order chi connectivity index (χ1) is 9.02. The summed E-state index contributed by atoms with van der Waals surface area (Å²) in [4.78, 5) is 12.6. The van der Waals surface area contributed by atoms with Crippen LogP contribution in [0.3, 0.4) is 0 Å². The predicted octanol–water partition coefficient (Wildman–Crippen LogP) is 5.06. The maximum absolute atomic E-state index is 12.6. The van der Waals surface area contributed by atoms with Crippen LogP contribution in [0.4, 0.5) is 0 Å². The molecule has 0 amide bonds. The van der Waals surface area contributed by atoms with Crippen LogP contribution in [0, 0.1) is 3.57 Å². The number of benzene rings is 2. The Balaban J connectivity index is 2.55. The van der Waals surface area contributed by atoms with Crippen LogP contribution >= 0.6 is 54.5 Å². The van der Waals surface area contributed by atoms with Crippen molar-refractivity contribution < 1.29 is 9.53 Å². The van der Waals surface area contributed by atoms with E-state index in [1.54, 1.807) is 19.2 Å². The number of hydrogen-bond acceptors (Lipinski definition) is 2. The van der Waals surface area contributed by atoms with E-state index in [1.807, 2.05) is 24.3 Å². The average molecular weight is 496 g/mol. The second-order valence-electron chi connectivity index (χ2n) is 3.80. The van der Waals surface area contributed by atoms with Crippen LogP contribution in [0.2, 0.25) is 0 Å². The molecule has 98 valence electrons. The summed E-state index contributed by atoms with van der Waals surface area (Å²) in [6, 6.07) is 11.1. The van der Waals surface area contributed by atoms with Gasteiger partial charge < -0.3 is 4.74 Å². The lowest BCUT2D eigenvalue weighted by molar-refractivity contribution is 0.103. The summed E-state index contributed by atoms with van der Waals surface area (Å²) >= 11 is 8.98. The Morgan fingerprint density at radius 2 is 1.84 bits per heavy atom. The summed E-state index contributed by atoms with van der Waals surface area (Å²) < 4.78 is 7.89. The van der Waals surface area contributed by atoms with Crippen molar-refractivity contribution in [2.45, 2.75) is 0 Å². The Morgan fingerprint density at radius 1 is 1.11 bits per heavy atom. The largest absolute Gasteiger partial charge is 0.496 e. The van der Waals surface area contributed by atoms with Gasteiger partial charge in [-0.3, -0.25) is 4.79 Å². The summed E-state index contributed by atoms with van der Waals surface area (Å²) in [7, 11) is 1.56. The Kier molecular flexibility index (Phi) is 5.03. The molecule has 2 aromatic carbocycles. The minimum absolute atomic E-state index is 0.0662. The first-order valence-electron chi connectivity index (χ1n) is 5.36. The molecular formula is C14H9Br2IO2. The Morgan fingerprint density at radius 3 is 2.53 bits per heavy atom. The van der Waals surface area contributed by atoms with E-state index in [0.29, 0.717) is 16.9 Å². The van der Waals surface area contributed by atoms with Gasteiger partial charge in [-0.25, -0.2) is 0 Å². The van der Waals surface area contributed by atoms with Crippen molar-refractivity contribution in [2.75, 3.05) is 7.11 Å². The van der Waals surface area contributed by atoms with Crippen molar-refractivity contribution in [3.05, 3.63) is 60.0 Å². The number of rotatable bonds is 3. The maximum Gasteiger partial charge on any atom is 0.197 e. The fourth-order valence-electron chi connectivity index (χ4n) is 1.67. The van der Waals surface area contributed by atoms with Gasteiger partial charge in [0.1, 0.15) is 5.75 Å². The molecule has 0 heterocycles. The molecule has 0 saturated heterocycles. The molecule has 5 heteroatoms. The predicted molar refractivity (Wildman–Crippen MR) is 91.0 cm³/mol. The lowest BCUT2D eigenvalue weighted by Gasteiger charge is -2.09. The highest BCUT2D eigenvalue weighted by molar-refractivity contribution is 14.1. The van der Waals surface area contributed by atoms with E-state index < -0.39 is 0 Å². The van der Waals surface area contributed by atoms with Gasteiger partial charge in [-0.15, -0.1) is 0 Å². The van der Waals surface area contributed by atoms with Gasteiger partial charge in [0, 0.05) is 18.1 Å². The quantitative estimate of drug-likeness (QED) is 0.440. The van der Waals surface area contributed by atoms with Gasteiger partial charge in [0.25, 0.3) is 0 Å². The Labute approximate surface area is 141 Å². The number of carbonyl (C=O) groups is 1. The third kappa shape index (κ3) is 3.38. The molecule has 0 aliphatic rings. The van der Waals surface area contributed by atoms with Gasteiger partial charge in [0.15, 0.2) is 5.78 Å². The highest BCUT2D eigenvalue weighted by Gasteiger charge is 2.17. The summed E-state index contributed by atoms with van der Waals surface area (Å²) in [6.07, 6.45) is 0. The zero-order valence-electron chi connectivity index (χ0n) is 9.91. The molecule has 0 spiro atoms. The normalized spacial score (nSPS) is 10.3. The SMILES string of the molecule is COc1ccc(Br)cc1C(=O)c1cc(I)ccc1Br. The fraction of sp³-hybridized carbons (Fsp3) is 0.0714. The summed E-state index contributed by atoms with van der Waals surface area (Å²) in [6.45, 7) is 0. The Hall–Kier alpha value is -0.400. The van der Waals surface area contributed by atoms with Gasteiger partial charge in [-0.05, 0) is 59.0 Å². The van der Waals surface area contributed by atoms with Crippen LogP contribution in [0.5, 0.6) is 5.75 Å². The van der Waals surface area contributed by atoms with Crippen molar-refractivity contribution in [3.8, 4) is 5.75 Å². The molecule has 0 N–H and O–H groups in total. The van der Waals surface area contributed by atoms with Crippen molar-refractivity contribution >= 4 is 60.2 Å². The topological polar surface area (TPSA) is 26.3 Å². The molecule has 0 aromatic heterocycles. The van der Waals surface area contributed by atoms with Crippen LogP contribution < -0.4 is 4.74 Å². The van der Waals surface area contributed by atoms with E-state index in [1.165, 1.54) is 0 Å². The van der Waals surface area contributed by atoms with E-state index in [4.69, 9.17) is 4.74 Å². The number of hydrogen-bond donors (Lipinski definition) is 0. The van der Waals surface area contributed by atoms with Gasteiger partial charge in [-0.2, -0.15) is 0 Å². The zero-order valence-corrected chi connectivity index (χ0v) is 15.2.